The van der Waals surface area contributed by atoms with Crippen LogP contribution in [0.3, 0.4) is 0 Å². The summed E-state index contributed by atoms with van der Waals surface area (Å²) in [6.07, 6.45) is 27.8. The number of aromatic amines is 1. The second kappa shape index (κ2) is 25.4. The number of hydrogen-bond acceptors (Lipinski definition) is 6. The van der Waals surface area contributed by atoms with E-state index in [9.17, 15) is 9.59 Å². The van der Waals surface area contributed by atoms with Crippen LogP contribution in [-0.2, 0) is 25.5 Å². The maximum atomic E-state index is 11.8. The van der Waals surface area contributed by atoms with Gasteiger partial charge in [-0.25, -0.2) is 4.98 Å². The average molecular weight is 537 g/mol. The Bertz CT molecular complexity index is 669. The van der Waals surface area contributed by atoms with Crippen LogP contribution >= 0.6 is 0 Å². The van der Waals surface area contributed by atoms with E-state index in [2.05, 4.69) is 22.2 Å². The molecular weight excluding hydrogens is 480 g/mol. The van der Waals surface area contributed by atoms with Gasteiger partial charge in [0.05, 0.1) is 12.9 Å². The molecule has 4 N–H and O–H groups in total. The lowest BCUT2D eigenvalue weighted by Gasteiger charge is -2.11. The number of H-pyrrole nitrogens is 1. The molecule has 1 rings (SSSR count). The number of nitrogens with zero attached hydrogens (tertiary/aromatic N) is 1. The van der Waals surface area contributed by atoms with E-state index >= 15 is 0 Å². The number of hydrogen-bond donors (Lipinski definition) is 3. The van der Waals surface area contributed by atoms with Gasteiger partial charge in [0.2, 0.25) is 5.91 Å². The van der Waals surface area contributed by atoms with Gasteiger partial charge in [-0.05, 0) is 6.42 Å². The predicted molar refractivity (Wildman–Crippen MR) is 154 cm³/mol. The molecule has 1 aromatic heterocycles. The number of imidazole rings is 1. The fourth-order valence-corrected chi connectivity index (χ4v) is 4.50. The monoisotopic (exact) mass is 536 g/mol. The molecule has 0 aromatic carbocycles. The minimum absolute atomic E-state index is 0.0310. The molecule has 1 atom stereocenters. The molecular formula is C30H56N4O4. The largest absolute Gasteiger partial charge is 0.462 e. The summed E-state index contributed by atoms with van der Waals surface area (Å²) in [7, 11) is 0. The maximum absolute atomic E-state index is 11.8. The molecule has 38 heavy (non-hydrogen) atoms. The third-order valence-corrected chi connectivity index (χ3v) is 6.86. The van der Waals surface area contributed by atoms with Gasteiger partial charge >= 0.3 is 5.97 Å². The fraction of sp³-hybridized carbons (Fsp3) is 0.833. The molecule has 0 fully saturated rings. The first-order chi connectivity index (χ1) is 18.6. The smallest absolute Gasteiger partial charge is 0.323 e. The first-order valence-electron chi connectivity index (χ1n) is 15.4. The molecule has 8 heteroatoms. The summed E-state index contributed by atoms with van der Waals surface area (Å²) in [6, 6.07) is -0.756. The zero-order valence-corrected chi connectivity index (χ0v) is 24.2. The average Bonchev–Trinajstić information content (AvgIpc) is 3.42. The second-order valence-electron chi connectivity index (χ2n) is 10.5. The van der Waals surface area contributed by atoms with Gasteiger partial charge in [-0.2, -0.15) is 0 Å². The van der Waals surface area contributed by atoms with E-state index in [0.717, 1.165) is 18.5 Å². The van der Waals surface area contributed by atoms with Crippen molar-refractivity contribution in [1.29, 1.82) is 0 Å². The molecule has 1 unspecified atom stereocenters. The molecule has 1 amide bonds. The molecule has 1 heterocycles. The number of aromatic nitrogens is 2. The Morgan fingerprint density at radius 2 is 1.37 bits per heavy atom. The normalized spacial score (nSPS) is 11.9. The summed E-state index contributed by atoms with van der Waals surface area (Å²) in [5, 5.41) is 2.88. The van der Waals surface area contributed by atoms with E-state index in [1.165, 1.54) is 109 Å². The van der Waals surface area contributed by atoms with Crippen LogP contribution in [-0.4, -0.2) is 54.3 Å². The Kier molecular flexibility index (Phi) is 22.8. The number of ether oxygens (including phenoxy) is 2. The van der Waals surface area contributed by atoms with E-state index in [0.29, 0.717) is 13.0 Å². The van der Waals surface area contributed by atoms with Crippen molar-refractivity contribution in [2.45, 2.75) is 135 Å². The summed E-state index contributed by atoms with van der Waals surface area (Å²) >= 11 is 0. The lowest BCUT2D eigenvalue weighted by Crippen LogP contribution is -2.35. The standard InChI is InChI=1S/C30H56N4O4/c1-2-3-4-5-6-7-8-9-10-11-12-13-14-15-16-17-18-19-20-33-29(35)25-37-21-22-38-30(36)28(31)23-27-24-32-26-34-27/h24,26,28H,2-23,25,31H2,1H3,(H,32,34)(H,33,35). The van der Waals surface area contributed by atoms with Crippen molar-refractivity contribution in [3.05, 3.63) is 18.2 Å². The molecule has 0 spiro atoms. The van der Waals surface area contributed by atoms with Crippen LogP contribution in [0.2, 0.25) is 0 Å². The first kappa shape index (κ1) is 34.1. The zero-order valence-electron chi connectivity index (χ0n) is 24.2. The Labute approximate surface area is 231 Å². The maximum Gasteiger partial charge on any atom is 0.323 e. The fourth-order valence-electron chi connectivity index (χ4n) is 4.50. The van der Waals surface area contributed by atoms with E-state index in [1.807, 2.05) is 0 Å². The van der Waals surface area contributed by atoms with Crippen molar-refractivity contribution < 1.29 is 19.1 Å². The molecule has 0 aliphatic heterocycles. The zero-order chi connectivity index (χ0) is 27.5. The molecule has 0 saturated heterocycles. The van der Waals surface area contributed by atoms with E-state index in [-0.39, 0.29) is 25.7 Å². The van der Waals surface area contributed by atoms with Crippen molar-refractivity contribution >= 4 is 11.9 Å². The summed E-state index contributed by atoms with van der Waals surface area (Å²) in [5.74, 6) is -0.638. The third kappa shape index (κ3) is 21.1. The highest BCUT2D eigenvalue weighted by molar-refractivity contribution is 5.77. The van der Waals surface area contributed by atoms with Crippen molar-refractivity contribution in [2.24, 2.45) is 5.73 Å². The Hall–Kier alpha value is -1.93. The highest BCUT2D eigenvalue weighted by Gasteiger charge is 2.16. The van der Waals surface area contributed by atoms with Crippen LogP contribution in [0.15, 0.2) is 12.5 Å². The van der Waals surface area contributed by atoms with Gasteiger partial charge in [0.1, 0.15) is 19.3 Å². The van der Waals surface area contributed by atoms with Gasteiger partial charge in [-0.3, -0.25) is 9.59 Å². The second-order valence-corrected chi connectivity index (χ2v) is 10.5. The van der Waals surface area contributed by atoms with Crippen molar-refractivity contribution in [3.63, 3.8) is 0 Å². The number of nitrogens with two attached hydrogens (primary N) is 1. The highest BCUT2D eigenvalue weighted by Crippen LogP contribution is 2.14. The van der Waals surface area contributed by atoms with Crippen molar-refractivity contribution in [1.82, 2.24) is 15.3 Å². The van der Waals surface area contributed by atoms with Gasteiger partial charge in [-0.1, -0.05) is 116 Å². The highest BCUT2D eigenvalue weighted by atomic mass is 16.6. The molecule has 1 aromatic rings. The summed E-state index contributed by atoms with van der Waals surface area (Å²) in [6.45, 7) is 3.16. The van der Waals surface area contributed by atoms with Crippen LogP contribution in [0.5, 0.6) is 0 Å². The van der Waals surface area contributed by atoms with Gasteiger partial charge in [-0.15, -0.1) is 0 Å². The SMILES string of the molecule is CCCCCCCCCCCCCCCCCCCCNC(=O)COCCOC(=O)C(N)Cc1cnc[nH]1. The number of rotatable bonds is 27. The summed E-state index contributed by atoms with van der Waals surface area (Å²) in [5.41, 5.74) is 6.58. The Morgan fingerprint density at radius 1 is 0.842 bits per heavy atom. The van der Waals surface area contributed by atoms with Crippen LogP contribution in [0.4, 0.5) is 0 Å². The Balaban J connectivity index is 1.76. The molecule has 0 radical (unpaired) electrons. The molecule has 0 aliphatic rings. The van der Waals surface area contributed by atoms with Gasteiger partial charge in [0, 0.05) is 24.9 Å². The van der Waals surface area contributed by atoms with E-state index < -0.39 is 12.0 Å². The minimum Gasteiger partial charge on any atom is -0.462 e. The number of carbonyl (C=O) groups is 2. The lowest BCUT2D eigenvalue weighted by atomic mass is 10.0. The molecule has 8 nitrogen and oxygen atoms in total. The van der Waals surface area contributed by atoms with Crippen LogP contribution in [0.25, 0.3) is 0 Å². The topological polar surface area (TPSA) is 119 Å². The molecule has 0 aliphatic carbocycles. The number of amides is 1. The quantitative estimate of drug-likeness (QED) is 0.0937. The Morgan fingerprint density at radius 3 is 1.87 bits per heavy atom. The number of nitrogens with one attached hydrogen (secondary N) is 2. The van der Waals surface area contributed by atoms with Crippen molar-refractivity contribution in [3.8, 4) is 0 Å². The first-order valence-corrected chi connectivity index (χ1v) is 15.4. The molecule has 0 saturated carbocycles. The summed E-state index contributed by atoms with van der Waals surface area (Å²) in [4.78, 5) is 30.5. The van der Waals surface area contributed by atoms with E-state index in [4.69, 9.17) is 15.2 Å². The molecule has 220 valence electrons. The van der Waals surface area contributed by atoms with Gasteiger partial charge in [0.25, 0.3) is 0 Å². The van der Waals surface area contributed by atoms with Crippen LogP contribution < -0.4 is 11.1 Å². The van der Waals surface area contributed by atoms with Crippen LogP contribution in [0, 0.1) is 0 Å². The molecule has 0 bridgehead atoms. The van der Waals surface area contributed by atoms with Crippen molar-refractivity contribution in [2.75, 3.05) is 26.4 Å². The number of carbonyl (C=O) groups excluding carboxylic acids is 2. The predicted octanol–water partition coefficient (Wildman–Crippen LogP) is 6.00. The number of esters is 1. The van der Waals surface area contributed by atoms with Crippen LogP contribution in [0.1, 0.15) is 128 Å². The minimum atomic E-state index is -0.756. The van der Waals surface area contributed by atoms with Gasteiger partial charge < -0.3 is 25.5 Å². The van der Waals surface area contributed by atoms with Gasteiger partial charge in [0.15, 0.2) is 0 Å². The number of unbranched alkanes of at least 4 members (excludes halogenated alkanes) is 17. The summed E-state index contributed by atoms with van der Waals surface area (Å²) < 4.78 is 10.4. The lowest BCUT2D eigenvalue weighted by molar-refractivity contribution is -0.147. The third-order valence-electron chi connectivity index (χ3n) is 6.86. The van der Waals surface area contributed by atoms with E-state index in [1.54, 1.807) is 6.20 Å².